The van der Waals surface area contributed by atoms with E-state index in [0.29, 0.717) is 17.1 Å². The number of rotatable bonds is 3. The van der Waals surface area contributed by atoms with Crippen LogP contribution in [0.3, 0.4) is 0 Å². The number of hydrogen-bond acceptors (Lipinski definition) is 4. The molecular formula is C22H19FN4O. The summed E-state index contributed by atoms with van der Waals surface area (Å²) in [6, 6.07) is 9.92. The summed E-state index contributed by atoms with van der Waals surface area (Å²) in [6.07, 6.45) is 8.93. The molecule has 1 aromatic carbocycles. The van der Waals surface area contributed by atoms with E-state index in [1.165, 1.54) is 18.3 Å². The predicted molar refractivity (Wildman–Crippen MR) is 108 cm³/mol. The number of amidine groups is 1. The van der Waals surface area contributed by atoms with Gasteiger partial charge in [-0.2, -0.15) is 0 Å². The lowest BCUT2D eigenvalue weighted by Gasteiger charge is -2.30. The highest BCUT2D eigenvalue weighted by Gasteiger charge is 2.33. The molecule has 140 valence electrons. The molecule has 1 aromatic heterocycles. The maximum atomic E-state index is 13.6. The Kier molecular flexibility index (Phi) is 4.61. The van der Waals surface area contributed by atoms with Crippen molar-refractivity contribution >= 4 is 23.0 Å². The number of carbonyl (C=O) groups is 1. The summed E-state index contributed by atoms with van der Waals surface area (Å²) in [5, 5.41) is 2.89. The number of aromatic nitrogens is 1. The van der Waals surface area contributed by atoms with Gasteiger partial charge in [0.1, 0.15) is 11.7 Å². The van der Waals surface area contributed by atoms with Crippen molar-refractivity contribution in [3.63, 3.8) is 0 Å². The maximum absolute atomic E-state index is 13.6. The number of aryl methyl sites for hydroxylation is 1. The zero-order valence-electron chi connectivity index (χ0n) is 15.3. The average Bonchev–Trinajstić information content (AvgIpc) is 2.68. The number of aliphatic imine (C=N–C) groups is 1. The van der Waals surface area contributed by atoms with Crippen LogP contribution >= 0.6 is 0 Å². The van der Waals surface area contributed by atoms with E-state index in [2.05, 4.69) is 15.3 Å². The van der Waals surface area contributed by atoms with Crippen molar-refractivity contribution < 1.29 is 9.18 Å². The number of fused-ring (bicyclic) bond motifs is 1. The number of carbonyl (C=O) groups excluding carboxylic acids is 1. The number of nitrogens with one attached hydrogen (secondary N) is 1. The quantitative estimate of drug-likeness (QED) is 0.861. The molecule has 0 saturated carbocycles. The Morgan fingerprint density at radius 2 is 2.07 bits per heavy atom. The van der Waals surface area contributed by atoms with Gasteiger partial charge in [0.15, 0.2) is 0 Å². The second kappa shape index (κ2) is 7.23. The summed E-state index contributed by atoms with van der Waals surface area (Å²) in [7, 11) is 0. The lowest BCUT2D eigenvalue weighted by molar-refractivity contribution is -0.113. The largest absolute Gasteiger partial charge is 0.387 e. The lowest BCUT2D eigenvalue weighted by Crippen LogP contribution is -2.36. The van der Waals surface area contributed by atoms with E-state index in [-0.39, 0.29) is 23.6 Å². The Morgan fingerprint density at radius 1 is 1.21 bits per heavy atom. The van der Waals surface area contributed by atoms with Crippen molar-refractivity contribution in [3.05, 3.63) is 89.7 Å². The third kappa shape index (κ3) is 3.49. The highest BCUT2D eigenvalue weighted by molar-refractivity contribution is 6.06. The molecule has 6 heteroatoms. The normalized spacial score (nSPS) is 20.6. The molecule has 0 bridgehead atoms. The van der Waals surface area contributed by atoms with Crippen LogP contribution in [0, 0.1) is 24.6 Å². The third-order valence-electron chi connectivity index (χ3n) is 4.86. The highest BCUT2D eigenvalue weighted by Crippen LogP contribution is 2.35. The number of anilines is 1. The molecule has 0 saturated heterocycles. The van der Waals surface area contributed by atoms with Crippen molar-refractivity contribution in [1.29, 1.82) is 0 Å². The molecule has 5 nitrogen and oxygen atoms in total. The smallest absolute Gasteiger partial charge is 0.253 e. The van der Waals surface area contributed by atoms with E-state index in [0.717, 1.165) is 16.8 Å². The number of benzene rings is 1. The molecule has 2 aliphatic rings. The molecule has 1 aliphatic carbocycles. The van der Waals surface area contributed by atoms with Crippen molar-refractivity contribution in [2.24, 2.45) is 22.6 Å². The third-order valence-corrected chi connectivity index (χ3v) is 4.86. The van der Waals surface area contributed by atoms with Crippen LogP contribution in [0.4, 0.5) is 10.1 Å². The van der Waals surface area contributed by atoms with Crippen LogP contribution < -0.4 is 11.1 Å². The van der Waals surface area contributed by atoms with Crippen LogP contribution in [0.15, 0.2) is 77.6 Å². The van der Waals surface area contributed by atoms with Gasteiger partial charge in [-0.1, -0.05) is 30.4 Å². The van der Waals surface area contributed by atoms with Gasteiger partial charge in [-0.25, -0.2) is 9.38 Å². The van der Waals surface area contributed by atoms with Gasteiger partial charge in [-0.15, -0.1) is 0 Å². The number of allylic oxidation sites excluding steroid dienone is 3. The van der Waals surface area contributed by atoms with Gasteiger partial charge in [-0.3, -0.25) is 9.78 Å². The van der Waals surface area contributed by atoms with Gasteiger partial charge in [0, 0.05) is 41.2 Å². The number of pyridine rings is 1. The first-order chi connectivity index (χ1) is 13.5. The first kappa shape index (κ1) is 17.9. The van der Waals surface area contributed by atoms with Crippen LogP contribution in [-0.2, 0) is 4.79 Å². The molecule has 0 fully saturated rings. The summed E-state index contributed by atoms with van der Waals surface area (Å²) < 4.78 is 13.6. The Hall–Kier alpha value is -3.54. The van der Waals surface area contributed by atoms with Gasteiger partial charge in [-0.05, 0) is 42.3 Å². The van der Waals surface area contributed by atoms with E-state index < -0.39 is 0 Å². The van der Waals surface area contributed by atoms with Crippen LogP contribution in [0.5, 0.6) is 0 Å². The van der Waals surface area contributed by atoms with E-state index in [9.17, 15) is 9.18 Å². The molecule has 1 amide bonds. The lowest BCUT2D eigenvalue weighted by atomic mass is 9.77. The molecule has 1 aliphatic heterocycles. The zero-order chi connectivity index (χ0) is 19.7. The van der Waals surface area contributed by atoms with Gasteiger partial charge in [0.2, 0.25) is 0 Å². The number of halogens is 1. The van der Waals surface area contributed by atoms with E-state index in [1.54, 1.807) is 24.4 Å². The molecule has 28 heavy (non-hydrogen) atoms. The minimum Gasteiger partial charge on any atom is -0.387 e. The van der Waals surface area contributed by atoms with Crippen molar-refractivity contribution in [2.75, 3.05) is 5.32 Å². The Bertz CT molecular complexity index is 1070. The van der Waals surface area contributed by atoms with E-state index in [1.807, 2.05) is 31.2 Å². The Balaban J connectivity index is 1.60. The summed E-state index contributed by atoms with van der Waals surface area (Å²) in [6.45, 7) is 1.86. The molecule has 0 radical (unpaired) electrons. The van der Waals surface area contributed by atoms with Crippen LogP contribution in [0.2, 0.25) is 0 Å². The number of nitrogens with two attached hydrogens (primary N) is 1. The molecule has 0 spiro atoms. The molecule has 2 atom stereocenters. The van der Waals surface area contributed by atoms with Crippen LogP contribution in [0.25, 0.3) is 5.57 Å². The summed E-state index contributed by atoms with van der Waals surface area (Å²) in [5.74, 6) is -0.582. The summed E-state index contributed by atoms with van der Waals surface area (Å²) in [4.78, 5) is 21.2. The maximum Gasteiger partial charge on any atom is 0.253 e. The fraction of sp³-hybridized carbons (Fsp3) is 0.136. The van der Waals surface area contributed by atoms with Gasteiger partial charge < -0.3 is 11.1 Å². The Labute approximate surface area is 162 Å². The second-order valence-electron chi connectivity index (χ2n) is 6.82. The highest BCUT2D eigenvalue weighted by atomic mass is 19.1. The summed E-state index contributed by atoms with van der Waals surface area (Å²) >= 11 is 0. The fourth-order valence-electron chi connectivity index (χ4n) is 3.46. The number of amides is 1. The first-order valence-corrected chi connectivity index (χ1v) is 8.94. The minimum atomic E-state index is -0.299. The first-order valence-electron chi connectivity index (χ1n) is 8.94. The molecule has 3 N–H and O–H groups in total. The number of nitrogens with zero attached hydrogens (tertiary/aromatic N) is 2. The summed E-state index contributed by atoms with van der Waals surface area (Å²) in [5.41, 5.74) is 9.74. The van der Waals surface area contributed by atoms with E-state index >= 15 is 0 Å². The van der Waals surface area contributed by atoms with Gasteiger partial charge >= 0.3 is 0 Å². The topological polar surface area (TPSA) is 80.4 Å². The fourth-order valence-corrected chi connectivity index (χ4v) is 3.46. The molecule has 2 heterocycles. The molecule has 2 unspecified atom stereocenters. The minimum absolute atomic E-state index is 0.224. The predicted octanol–water partition coefficient (Wildman–Crippen LogP) is 3.61. The average molecular weight is 374 g/mol. The SMILES string of the molecule is Cc1cc(NC(=O)C2=CN=C(N)C3C=C(c4cccc(F)c4)C=CC23)ccn1. The second-order valence-corrected chi connectivity index (χ2v) is 6.82. The van der Waals surface area contributed by atoms with Crippen LogP contribution in [-0.4, -0.2) is 16.7 Å². The molecule has 2 aromatic rings. The Morgan fingerprint density at radius 3 is 2.86 bits per heavy atom. The van der Waals surface area contributed by atoms with Gasteiger partial charge in [0.05, 0.1) is 0 Å². The number of hydrogen-bond donors (Lipinski definition) is 2. The van der Waals surface area contributed by atoms with Crippen molar-refractivity contribution in [3.8, 4) is 0 Å². The van der Waals surface area contributed by atoms with Crippen molar-refractivity contribution in [2.45, 2.75) is 6.92 Å². The standard InChI is InChI=1S/C22H19FN4O/c1-13-9-17(7-8-25-13)27-22(28)20-12-26-21(24)19-11-15(5-6-18(19)20)14-3-2-4-16(23)10-14/h2-12,18-19H,1H3,(H2,24,26)(H,25,27,28). The zero-order valence-corrected chi connectivity index (χ0v) is 15.3. The monoisotopic (exact) mass is 374 g/mol. The molecular weight excluding hydrogens is 355 g/mol. The van der Waals surface area contributed by atoms with Crippen molar-refractivity contribution in [1.82, 2.24) is 4.98 Å². The van der Waals surface area contributed by atoms with Gasteiger partial charge in [0.25, 0.3) is 5.91 Å². The van der Waals surface area contributed by atoms with E-state index in [4.69, 9.17) is 5.73 Å². The molecule has 4 rings (SSSR count). The van der Waals surface area contributed by atoms with Crippen LogP contribution in [0.1, 0.15) is 11.3 Å².